The molecule has 0 fully saturated rings. The van der Waals surface area contributed by atoms with Crippen molar-refractivity contribution in [2.45, 2.75) is 13.3 Å². The zero-order chi connectivity index (χ0) is 14.5. The van der Waals surface area contributed by atoms with Gasteiger partial charge in [-0.25, -0.2) is 0 Å². The quantitative estimate of drug-likeness (QED) is 0.847. The summed E-state index contributed by atoms with van der Waals surface area (Å²) in [4.78, 5) is 22.4. The minimum Gasteiger partial charge on any atom is -0.457 e. The minimum absolute atomic E-state index is 0.0994. The lowest BCUT2D eigenvalue weighted by molar-refractivity contribution is 0.0984. The van der Waals surface area contributed by atoms with Crippen LogP contribution in [0.4, 0.5) is 0 Å². The van der Waals surface area contributed by atoms with E-state index in [9.17, 15) is 9.59 Å². The van der Waals surface area contributed by atoms with Crippen LogP contribution in [-0.2, 0) is 0 Å². The monoisotopic (exact) mass is 269 g/mol. The molecule has 0 aromatic heterocycles. The highest BCUT2D eigenvalue weighted by Crippen LogP contribution is 2.22. The van der Waals surface area contributed by atoms with Crippen LogP contribution in [0.1, 0.15) is 34.1 Å². The minimum atomic E-state index is -0.473. The Bertz CT molecular complexity index is 615. The molecule has 0 aliphatic carbocycles. The Kier molecular flexibility index (Phi) is 4.15. The van der Waals surface area contributed by atoms with E-state index < -0.39 is 5.91 Å². The van der Waals surface area contributed by atoms with E-state index >= 15 is 0 Å². The number of carbonyl (C=O) groups is 2. The van der Waals surface area contributed by atoms with E-state index in [1.54, 1.807) is 48.5 Å². The molecule has 1 amide bonds. The van der Waals surface area contributed by atoms with Crippen LogP contribution >= 0.6 is 0 Å². The summed E-state index contributed by atoms with van der Waals surface area (Å²) >= 11 is 0. The topological polar surface area (TPSA) is 69.4 Å². The average molecular weight is 269 g/mol. The number of ether oxygens (including phenoxy) is 1. The summed E-state index contributed by atoms with van der Waals surface area (Å²) in [6, 6.07) is 13.5. The van der Waals surface area contributed by atoms with Crippen LogP contribution in [-0.4, -0.2) is 11.7 Å². The standard InChI is InChI=1S/C16H15NO3/c1-2-15(18)11-3-7-13(8-4-11)20-14-9-5-12(6-10-14)16(17)19/h3-10H,2H2,1H3,(H2,17,19). The van der Waals surface area contributed by atoms with Crippen molar-refractivity contribution in [3.8, 4) is 11.5 Å². The van der Waals surface area contributed by atoms with Gasteiger partial charge in [0.25, 0.3) is 0 Å². The van der Waals surface area contributed by atoms with Crippen molar-refractivity contribution in [3.63, 3.8) is 0 Å². The summed E-state index contributed by atoms with van der Waals surface area (Å²) in [5, 5.41) is 0. The maximum absolute atomic E-state index is 11.5. The van der Waals surface area contributed by atoms with Gasteiger partial charge in [-0.3, -0.25) is 9.59 Å². The van der Waals surface area contributed by atoms with Gasteiger partial charge in [0, 0.05) is 17.5 Å². The van der Waals surface area contributed by atoms with E-state index in [0.29, 0.717) is 29.0 Å². The lowest BCUT2D eigenvalue weighted by atomic mass is 10.1. The number of amides is 1. The molecular weight excluding hydrogens is 254 g/mol. The first-order chi connectivity index (χ1) is 9.60. The summed E-state index contributed by atoms with van der Waals surface area (Å²) in [6.45, 7) is 1.83. The van der Waals surface area contributed by atoms with E-state index in [1.165, 1.54) is 0 Å². The lowest BCUT2D eigenvalue weighted by Crippen LogP contribution is -2.10. The number of benzene rings is 2. The van der Waals surface area contributed by atoms with Crippen LogP contribution in [0.3, 0.4) is 0 Å². The summed E-state index contributed by atoms with van der Waals surface area (Å²) in [5.41, 5.74) is 6.26. The van der Waals surface area contributed by atoms with Crippen molar-refractivity contribution in [2.75, 3.05) is 0 Å². The van der Waals surface area contributed by atoms with Gasteiger partial charge in [0.05, 0.1) is 0 Å². The third-order valence-corrected chi connectivity index (χ3v) is 2.87. The molecule has 2 aromatic rings. The van der Waals surface area contributed by atoms with Crippen LogP contribution in [0.5, 0.6) is 11.5 Å². The Labute approximate surface area is 117 Å². The maximum atomic E-state index is 11.5. The summed E-state index contributed by atoms with van der Waals surface area (Å²) in [5.74, 6) is 0.857. The number of rotatable bonds is 5. The normalized spacial score (nSPS) is 10.1. The molecule has 0 saturated carbocycles. The van der Waals surface area contributed by atoms with Gasteiger partial charge in [0.2, 0.25) is 5.91 Å². The maximum Gasteiger partial charge on any atom is 0.248 e. The molecule has 4 heteroatoms. The molecule has 0 bridgehead atoms. The molecule has 4 nitrogen and oxygen atoms in total. The van der Waals surface area contributed by atoms with Crippen LogP contribution < -0.4 is 10.5 Å². The molecular formula is C16H15NO3. The molecule has 0 spiro atoms. The predicted molar refractivity (Wildman–Crippen MR) is 76.1 cm³/mol. The molecule has 102 valence electrons. The van der Waals surface area contributed by atoms with E-state index in [1.807, 2.05) is 6.92 Å². The largest absolute Gasteiger partial charge is 0.457 e. The zero-order valence-electron chi connectivity index (χ0n) is 11.1. The number of Topliss-reactive ketones (excluding diaryl/α,β-unsaturated/α-hetero) is 1. The second kappa shape index (κ2) is 6.02. The van der Waals surface area contributed by atoms with Crippen molar-refractivity contribution in [1.82, 2.24) is 0 Å². The Morgan fingerprint density at radius 2 is 1.35 bits per heavy atom. The summed E-state index contributed by atoms with van der Waals surface area (Å²) in [6.07, 6.45) is 0.481. The average Bonchev–Trinajstić information content (AvgIpc) is 2.48. The molecule has 0 aliphatic rings. The Morgan fingerprint density at radius 3 is 1.75 bits per heavy atom. The lowest BCUT2D eigenvalue weighted by Gasteiger charge is -2.06. The SMILES string of the molecule is CCC(=O)c1ccc(Oc2ccc(C(N)=O)cc2)cc1. The number of hydrogen-bond acceptors (Lipinski definition) is 3. The van der Waals surface area contributed by atoms with Crippen LogP contribution in [0.25, 0.3) is 0 Å². The molecule has 20 heavy (non-hydrogen) atoms. The molecule has 0 saturated heterocycles. The highest BCUT2D eigenvalue weighted by molar-refractivity contribution is 5.95. The molecule has 0 heterocycles. The molecule has 2 rings (SSSR count). The number of primary amides is 1. The molecule has 2 aromatic carbocycles. The Balaban J connectivity index is 2.10. The van der Waals surface area contributed by atoms with Crippen molar-refractivity contribution >= 4 is 11.7 Å². The predicted octanol–water partition coefficient (Wildman–Crippen LogP) is 3.17. The van der Waals surface area contributed by atoms with Gasteiger partial charge in [-0.2, -0.15) is 0 Å². The van der Waals surface area contributed by atoms with E-state index in [4.69, 9.17) is 10.5 Å². The highest BCUT2D eigenvalue weighted by atomic mass is 16.5. The number of ketones is 1. The summed E-state index contributed by atoms with van der Waals surface area (Å²) < 4.78 is 5.62. The van der Waals surface area contributed by atoms with E-state index in [-0.39, 0.29) is 5.78 Å². The first kappa shape index (κ1) is 13.8. The second-order valence-electron chi connectivity index (χ2n) is 4.29. The van der Waals surface area contributed by atoms with E-state index in [2.05, 4.69) is 0 Å². The molecule has 0 unspecified atom stereocenters. The molecule has 2 N–H and O–H groups in total. The fraction of sp³-hybridized carbons (Fsp3) is 0.125. The highest BCUT2D eigenvalue weighted by Gasteiger charge is 2.04. The first-order valence-electron chi connectivity index (χ1n) is 6.31. The fourth-order valence-corrected chi connectivity index (χ4v) is 1.74. The smallest absolute Gasteiger partial charge is 0.248 e. The Morgan fingerprint density at radius 1 is 0.900 bits per heavy atom. The first-order valence-corrected chi connectivity index (χ1v) is 6.31. The number of nitrogens with two attached hydrogens (primary N) is 1. The van der Waals surface area contributed by atoms with Gasteiger partial charge < -0.3 is 10.5 Å². The van der Waals surface area contributed by atoms with Crippen molar-refractivity contribution < 1.29 is 14.3 Å². The van der Waals surface area contributed by atoms with Gasteiger partial charge in [-0.1, -0.05) is 6.92 Å². The Hall–Kier alpha value is -2.62. The second-order valence-corrected chi connectivity index (χ2v) is 4.29. The third kappa shape index (κ3) is 3.23. The zero-order valence-corrected chi connectivity index (χ0v) is 11.1. The molecule has 0 atom stereocenters. The van der Waals surface area contributed by atoms with Gasteiger partial charge in [0.15, 0.2) is 5.78 Å². The van der Waals surface area contributed by atoms with Crippen LogP contribution in [0, 0.1) is 0 Å². The third-order valence-electron chi connectivity index (χ3n) is 2.87. The van der Waals surface area contributed by atoms with Crippen molar-refractivity contribution in [3.05, 3.63) is 59.7 Å². The van der Waals surface area contributed by atoms with Gasteiger partial charge in [-0.15, -0.1) is 0 Å². The molecule has 0 aliphatic heterocycles. The number of carbonyl (C=O) groups excluding carboxylic acids is 2. The van der Waals surface area contributed by atoms with Gasteiger partial charge >= 0.3 is 0 Å². The molecule has 0 radical (unpaired) electrons. The number of hydrogen-bond donors (Lipinski definition) is 1. The van der Waals surface area contributed by atoms with Crippen molar-refractivity contribution in [1.29, 1.82) is 0 Å². The van der Waals surface area contributed by atoms with Gasteiger partial charge in [-0.05, 0) is 48.5 Å². The fourth-order valence-electron chi connectivity index (χ4n) is 1.74. The van der Waals surface area contributed by atoms with Crippen LogP contribution in [0.2, 0.25) is 0 Å². The van der Waals surface area contributed by atoms with E-state index in [0.717, 1.165) is 0 Å². The van der Waals surface area contributed by atoms with Crippen LogP contribution in [0.15, 0.2) is 48.5 Å². The van der Waals surface area contributed by atoms with Crippen molar-refractivity contribution in [2.24, 2.45) is 5.73 Å². The van der Waals surface area contributed by atoms with Gasteiger partial charge in [0.1, 0.15) is 11.5 Å². The summed E-state index contributed by atoms with van der Waals surface area (Å²) in [7, 11) is 0.